The number of carbonyl (C=O) groups excluding carboxylic acids is 1. The van der Waals surface area contributed by atoms with Crippen molar-refractivity contribution in [3.63, 3.8) is 0 Å². The predicted molar refractivity (Wildman–Crippen MR) is 131 cm³/mol. The summed E-state index contributed by atoms with van der Waals surface area (Å²) in [5.74, 6) is -0.611. The molecule has 33 heavy (non-hydrogen) atoms. The fourth-order valence-electron chi connectivity index (χ4n) is 3.84. The molecule has 1 atom stereocenters. The molecule has 3 aromatic rings. The van der Waals surface area contributed by atoms with Gasteiger partial charge in [0.15, 0.2) is 5.65 Å². The first kappa shape index (κ1) is 24.8. The number of carbonyl (C=O) groups is 1. The Labute approximate surface area is 196 Å². The van der Waals surface area contributed by atoms with Gasteiger partial charge < -0.3 is 10.2 Å². The van der Waals surface area contributed by atoms with Gasteiger partial charge in [0, 0.05) is 23.1 Å². The van der Waals surface area contributed by atoms with Crippen LogP contribution in [0.3, 0.4) is 0 Å². The third kappa shape index (κ3) is 5.96. The van der Waals surface area contributed by atoms with E-state index in [-0.39, 0.29) is 23.2 Å². The molecule has 0 aliphatic rings. The molecule has 0 bridgehead atoms. The summed E-state index contributed by atoms with van der Waals surface area (Å²) in [5, 5.41) is 7.77. The van der Waals surface area contributed by atoms with Crippen LogP contribution >= 0.6 is 0 Å². The SMILES string of the molecule is CCN(CC)CCC[C@H](C)NC(=O)c1cc(-c2ccccc2F)nc2cc(C(C)(C)C)nn12. The van der Waals surface area contributed by atoms with Gasteiger partial charge in [0.1, 0.15) is 11.5 Å². The molecule has 2 aromatic heterocycles. The molecule has 178 valence electrons. The highest BCUT2D eigenvalue weighted by Gasteiger charge is 2.23. The van der Waals surface area contributed by atoms with E-state index in [1.165, 1.54) is 6.07 Å². The molecule has 0 aliphatic carbocycles. The third-order valence-corrected chi connectivity index (χ3v) is 5.96. The standard InChI is InChI=1S/C26H36FN5O/c1-7-31(8-2)15-11-12-18(3)28-25(33)22-16-21(19-13-9-10-14-20(19)27)29-24-17-23(26(4,5)6)30-32(22)24/h9-10,13-14,16-18H,7-8,11-12,15H2,1-6H3,(H,28,33)/t18-/m0/s1. The number of benzene rings is 1. The maximum Gasteiger partial charge on any atom is 0.270 e. The largest absolute Gasteiger partial charge is 0.348 e. The molecular weight excluding hydrogens is 417 g/mol. The second kappa shape index (κ2) is 10.4. The monoisotopic (exact) mass is 453 g/mol. The number of aromatic nitrogens is 3. The number of amides is 1. The Hall–Kier alpha value is -2.80. The van der Waals surface area contributed by atoms with Crippen molar-refractivity contribution >= 4 is 11.6 Å². The summed E-state index contributed by atoms with van der Waals surface area (Å²) < 4.78 is 16.1. The van der Waals surface area contributed by atoms with Gasteiger partial charge in [-0.1, -0.05) is 46.8 Å². The van der Waals surface area contributed by atoms with Crippen LogP contribution < -0.4 is 5.32 Å². The number of nitrogens with zero attached hydrogens (tertiary/aromatic N) is 4. The molecule has 0 aliphatic heterocycles. The Morgan fingerprint density at radius 3 is 2.52 bits per heavy atom. The second-order valence-corrected chi connectivity index (χ2v) is 9.60. The maximum absolute atomic E-state index is 14.5. The zero-order chi connectivity index (χ0) is 24.2. The van der Waals surface area contributed by atoms with E-state index in [4.69, 9.17) is 0 Å². The number of hydrogen-bond acceptors (Lipinski definition) is 4. The fourth-order valence-corrected chi connectivity index (χ4v) is 3.84. The highest BCUT2D eigenvalue weighted by molar-refractivity contribution is 5.94. The normalized spacial score (nSPS) is 13.0. The molecule has 0 fully saturated rings. The van der Waals surface area contributed by atoms with Crippen LogP contribution in [0.25, 0.3) is 16.9 Å². The van der Waals surface area contributed by atoms with Crippen LogP contribution in [0.15, 0.2) is 36.4 Å². The van der Waals surface area contributed by atoms with Crippen molar-refractivity contribution in [3.05, 3.63) is 53.6 Å². The molecule has 2 heterocycles. The van der Waals surface area contributed by atoms with Crippen LogP contribution in [0.1, 0.15) is 70.6 Å². The molecule has 0 unspecified atom stereocenters. The van der Waals surface area contributed by atoms with E-state index in [0.29, 0.717) is 22.6 Å². The Kier molecular flexibility index (Phi) is 7.84. The lowest BCUT2D eigenvalue weighted by Gasteiger charge is -2.20. The molecule has 1 N–H and O–H groups in total. The van der Waals surface area contributed by atoms with Crippen molar-refractivity contribution in [2.45, 2.75) is 65.8 Å². The van der Waals surface area contributed by atoms with E-state index >= 15 is 0 Å². The Balaban J connectivity index is 1.91. The van der Waals surface area contributed by atoms with Crippen molar-refractivity contribution in [2.75, 3.05) is 19.6 Å². The van der Waals surface area contributed by atoms with E-state index in [2.05, 4.69) is 54.9 Å². The van der Waals surface area contributed by atoms with Crippen molar-refractivity contribution in [2.24, 2.45) is 0 Å². The van der Waals surface area contributed by atoms with E-state index < -0.39 is 0 Å². The zero-order valence-electron chi connectivity index (χ0n) is 20.7. The molecule has 1 aromatic carbocycles. The van der Waals surface area contributed by atoms with Gasteiger partial charge in [-0.15, -0.1) is 0 Å². The predicted octanol–water partition coefficient (Wildman–Crippen LogP) is 5.07. The first-order valence-electron chi connectivity index (χ1n) is 11.8. The van der Waals surface area contributed by atoms with Gasteiger partial charge in [-0.25, -0.2) is 13.9 Å². The summed E-state index contributed by atoms with van der Waals surface area (Å²) in [5.41, 5.74) is 2.27. The minimum absolute atomic E-state index is 0.00541. The van der Waals surface area contributed by atoms with Crippen LogP contribution in [-0.4, -0.2) is 51.1 Å². The molecule has 0 spiro atoms. The average Bonchev–Trinajstić information content (AvgIpc) is 3.21. The molecule has 1 amide bonds. The maximum atomic E-state index is 14.5. The van der Waals surface area contributed by atoms with E-state index in [0.717, 1.165) is 38.2 Å². The molecule has 6 nitrogen and oxygen atoms in total. The number of halogens is 1. The summed E-state index contributed by atoms with van der Waals surface area (Å²) in [6.07, 6.45) is 1.88. The van der Waals surface area contributed by atoms with Crippen LogP contribution in [0.4, 0.5) is 4.39 Å². The van der Waals surface area contributed by atoms with Crippen molar-refractivity contribution < 1.29 is 9.18 Å². The van der Waals surface area contributed by atoms with Crippen molar-refractivity contribution in [3.8, 4) is 11.3 Å². The van der Waals surface area contributed by atoms with Crippen LogP contribution in [0.2, 0.25) is 0 Å². The van der Waals surface area contributed by atoms with Crippen molar-refractivity contribution in [1.29, 1.82) is 0 Å². The molecular formula is C26H36FN5O. The Morgan fingerprint density at radius 2 is 1.88 bits per heavy atom. The lowest BCUT2D eigenvalue weighted by molar-refractivity contribution is 0.0929. The smallest absolute Gasteiger partial charge is 0.270 e. The second-order valence-electron chi connectivity index (χ2n) is 9.60. The number of fused-ring (bicyclic) bond motifs is 1. The van der Waals surface area contributed by atoms with E-state index in [1.54, 1.807) is 28.8 Å². The fraction of sp³-hybridized carbons (Fsp3) is 0.500. The number of nitrogens with one attached hydrogen (secondary N) is 1. The number of rotatable bonds is 9. The highest BCUT2D eigenvalue weighted by atomic mass is 19.1. The van der Waals surface area contributed by atoms with Gasteiger partial charge in [-0.2, -0.15) is 5.10 Å². The van der Waals surface area contributed by atoms with E-state index in [9.17, 15) is 9.18 Å². The van der Waals surface area contributed by atoms with Gasteiger partial charge in [-0.3, -0.25) is 4.79 Å². The van der Waals surface area contributed by atoms with Crippen LogP contribution in [0, 0.1) is 5.82 Å². The summed E-state index contributed by atoms with van der Waals surface area (Å²) in [6.45, 7) is 15.6. The molecule has 0 saturated carbocycles. The summed E-state index contributed by atoms with van der Waals surface area (Å²) >= 11 is 0. The minimum Gasteiger partial charge on any atom is -0.348 e. The average molecular weight is 454 g/mol. The Bertz CT molecular complexity index is 1100. The first-order chi connectivity index (χ1) is 15.6. The van der Waals surface area contributed by atoms with E-state index in [1.807, 2.05) is 13.0 Å². The summed E-state index contributed by atoms with van der Waals surface area (Å²) in [6, 6.07) is 9.98. The zero-order valence-corrected chi connectivity index (χ0v) is 20.7. The number of hydrogen-bond donors (Lipinski definition) is 1. The van der Waals surface area contributed by atoms with Gasteiger partial charge in [0.25, 0.3) is 5.91 Å². The summed E-state index contributed by atoms with van der Waals surface area (Å²) in [7, 11) is 0. The van der Waals surface area contributed by atoms with Gasteiger partial charge >= 0.3 is 0 Å². The Morgan fingerprint density at radius 1 is 1.18 bits per heavy atom. The van der Waals surface area contributed by atoms with Gasteiger partial charge in [0.2, 0.25) is 0 Å². The quantitative estimate of drug-likeness (QED) is 0.491. The molecule has 0 radical (unpaired) electrons. The topological polar surface area (TPSA) is 62.5 Å². The lowest BCUT2D eigenvalue weighted by atomic mass is 9.93. The molecule has 3 rings (SSSR count). The van der Waals surface area contributed by atoms with Crippen molar-refractivity contribution in [1.82, 2.24) is 24.8 Å². The van der Waals surface area contributed by atoms with Crippen LogP contribution in [-0.2, 0) is 5.41 Å². The van der Waals surface area contributed by atoms with Crippen LogP contribution in [0.5, 0.6) is 0 Å². The molecule has 7 heteroatoms. The highest BCUT2D eigenvalue weighted by Crippen LogP contribution is 2.26. The minimum atomic E-state index is -0.374. The summed E-state index contributed by atoms with van der Waals surface area (Å²) in [4.78, 5) is 20.3. The first-order valence-corrected chi connectivity index (χ1v) is 11.8. The third-order valence-electron chi connectivity index (χ3n) is 5.96. The van der Waals surface area contributed by atoms with Gasteiger partial charge in [-0.05, 0) is 57.6 Å². The molecule has 0 saturated heterocycles. The van der Waals surface area contributed by atoms with Gasteiger partial charge in [0.05, 0.1) is 11.4 Å². The lowest BCUT2D eigenvalue weighted by Crippen LogP contribution is -2.35.